The Hall–Kier alpha value is -2.38. The lowest BCUT2D eigenvalue weighted by Gasteiger charge is -1.94. The summed E-state index contributed by atoms with van der Waals surface area (Å²) >= 11 is 0. The van der Waals surface area contributed by atoms with Gasteiger partial charge >= 0.3 is 6.01 Å². The van der Waals surface area contributed by atoms with Crippen LogP contribution in [0.1, 0.15) is 16.3 Å². The summed E-state index contributed by atoms with van der Waals surface area (Å²) in [6, 6.07) is 0.104. The number of rotatable bonds is 2. The molecule has 0 aliphatic heterocycles. The minimum absolute atomic E-state index is 0.00310. The number of nitrogens with one attached hydrogen (secondary N) is 2. The molecule has 8 heteroatoms. The second kappa shape index (κ2) is 3.40. The maximum Gasteiger partial charge on any atom is 0.301 e. The van der Waals surface area contributed by atoms with Crippen molar-refractivity contribution in [2.24, 2.45) is 0 Å². The van der Waals surface area contributed by atoms with E-state index in [0.29, 0.717) is 5.69 Å². The van der Waals surface area contributed by atoms with Crippen LogP contribution in [0, 0.1) is 6.92 Å². The van der Waals surface area contributed by atoms with Crippen LogP contribution in [0.25, 0.3) is 0 Å². The van der Waals surface area contributed by atoms with Crippen molar-refractivity contribution in [1.29, 1.82) is 0 Å². The van der Waals surface area contributed by atoms with Crippen molar-refractivity contribution >= 4 is 17.9 Å². The van der Waals surface area contributed by atoms with Crippen LogP contribution in [-0.4, -0.2) is 26.1 Å². The highest BCUT2D eigenvalue weighted by atomic mass is 16.4. The van der Waals surface area contributed by atoms with Gasteiger partial charge in [0.25, 0.3) is 5.91 Å². The number of nitrogen functional groups attached to an aromatic ring is 1. The third-order valence-electron chi connectivity index (χ3n) is 1.56. The van der Waals surface area contributed by atoms with E-state index in [2.05, 4.69) is 25.5 Å². The number of anilines is 2. The topological polar surface area (TPSA) is 123 Å². The van der Waals surface area contributed by atoms with Gasteiger partial charge in [-0.3, -0.25) is 15.2 Å². The van der Waals surface area contributed by atoms with Crippen molar-refractivity contribution in [3.8, 4) is 0 Å². The molecule has 15 heavy (non-hydrogen) atoms. The number of aromatic nitrogens is 4. The molecule has 78 valence electrons. The first kappa shape index (κ1) is 9.19. The van der Waals surface area contributed by atoms with Gasteiger partial charge in [-0.2, -0.15) is 9.97 Å². The van der Waals surface area contributed by atoms with Crippen LogP contribution < -0.4 is 11.1 Å². The Kier molecular flexibility index (Phi) is 2.08. The number of nitrogens with zero attached hydrogens (tertiary/aromatic N) is 3. The molecular weight excluding hydrogens is 200 g/mol. The lowest BCUT2D eigenvalue weighted by molar-refractivity contribution is 0.101. The molecule has 8 nitrogen and oxygen atoms in total. The van der Waals surface area contributed by atoms with Gasteiger partial charge in [-0.25, -0.2) is 0 Å². The largest absolute Gasteiger partial charge is 0.432 e. The average Bonchev–Trinajstić information content (AvgIpc) is 2.75. The predicted octanol–water partition coefficient (Wildman–Crippen LogP) is -0.0644. The highest BCUT2D eigenvalue weighted by Gasteiger charge is 2.13. The smallest absolute Gasteiger partial charge is 0.301 e. The Balaban J connectivity index is 2.10. The van der Waals surface area contributed by atoms with E-state index in [0.717, 1.165) is 0 Å². The first-order chi connectivity index (χ1) is 7.15. The molecule has 0 saturated carbocycles. The number of carbonyl (C=O) groups excluding carboxylic acids is 1. The number of amides is 1. The zero-order valence-corrected chi connectivity index (χ0v) is 7.81. The van der Waals surface area contributed by atoms with Crippen LogP contribution in [0.15, 0.2) is 10.7 Å². The zero-order chi connectivity index (χ0) is 10.8. The maximum atomic E-state index is 11.4. The van der Waals surface area contributed by atoms with E-state index in [1.807, 2.05) is 0 Å². The first-order valence-corrected chi connectivity index (χ1v) is 4.06. The molecule has 2 heterocycles. The molecule has 0 atom stereocenters. The number of nitrogens with two attached hydrogens (primary N) is 1. The molecule has 2 rings (SSSR count). The van der Waals surface area contributed by atoms with Crippen molar-refractivity contribution in [3.05, 3.63) is 17.8 Å². The maximum absolute atomic E-state index is 11.4. The summed E-state index contributed by atoms with van der Waals surface area (Å²) in [7, 11) is 0. The minimum atomic E-state index is -0.513. The molecule has 0 aromatic carbocycles. The van der Waals surface area contributed by atoms with E-state index in [9.17, 15) is 4.79 Å². The van der Waals surface area contributed by atoms with Crippen molar-refractivity contribution in [3.63, 3.8) is 0 Å². The van der Waals surface area contributed by atoms with Gasteiger partial charge < -0.3 is 10.2 Å². The zero-order valence-electron chi connectivity index (χ0n) is 7.81. The lowest BCUT2D eigenvalue weighted by atomic mass is 10.5. The van der Waals surface area contributed by atoms with Crippen LogP contribution in [0.2, 0.25) is 0 Å². The molecule has 0 aliphatic carbocycles. The molecule has 4 N–H and O–H groups in total. The molecule has 2 aromatic rings. The number of aryl methyl sites for hydroxylation is 1. The number of oxazole rings is 1. The number of carbonyl (C=O) groups is 1. The molecule has 0 aliphatic rings. The highest BCUT2D eigenvalue weighted by Crippen LogP contribution is 2.07. The van der Waals surface area contributed by atoms with Gasteiger partial charge in [0.15, 0.2) is 0 Å². The number of H-pyrrole nitrogens is 1. The second-order valence-electron chi connectivity index (χ2n) is 2.79. The van der Waals surface area contributed by atoms with Crippen molar-refractivity contribution in [2.75, 3.05) is 11.1 Å². The monoisotopic (exact) mass is 208 g/mol. The Bertz CT molecular complexity index is 487. The third kappa shape index (κ3) is 1.93. The van der Waals surface area contributed by atoms with Gasteiger partial charge in [0.05, 0.1) is 5.69 Å². The van der Waals surface area contributed by atoms with E-state index in [-0.39, 0.29) is 17.8 Å². The molecule has 0 spiro atoms. The van der Waals surface area contributed by atoms with Crippen LogP contribution in [0.4, 0.5) is 12.0 Å². The average molecular weight is 208 g/mol. The molecular formula is C7H8N6O2. The van der Waals surface area contributed by atoms with Gasteiger partial charge in [-0.1, -0.05) is 0 Å². The van der Waals surface area contributed by atoms with Gasteiger partial charge in [0.2, 0.25) is 11.8 Å². The van der Waals surface area contributed by atoms with Crippen molar-refractivity contribution < 1.29 is 9.21 Å². The van der Waals surface area contributed by atoms with Crippen LogP contribution in [-0.2, 0) is 0 Å². The first-order valence-electron chi connectivity index (χ1n) is 4.06. The Morgan fingerprint density at radius 3 is 2.93 bits per heavy atom. The van der Waals surface area contributed by atoms with E-state index in [1.54, 1.807) is 6.92 Å². The fourth-order valence-corrected chi connectivity index (χ4v) is 0.944. The van der Waals surface area contributed by atoms with E-state index in [1.165, 1.54) is 6.26 Å². The summed E-state index contributed by atoms with van der Waals surface area (Å²) < 4.78 is 4.93. The number of aromatic amines is 1. The number of hydrogen-bond donors (Lipinski definition) is 3. The van der Waals surface area contributed by atoms with Crippen LogP contribution in [0.5, 0.6) is 0 Å². The van der Waals surface area contributed by atoms with Crippen LogP contribution in [0.3, 0.4) is 0 Å². The molecule has 0 unspecified atom stereocenters. The van der Waals surface area contributed by atoms with E-state index < -0.39 is 5.91 Å². The standard InChI is InChI=1S/C7H8N6O2/c1-3-2-15-7(9-3)11-5(14)4-10-6(8)13-12-4/h2H,1H3,(H,9,11,14)(H3,8,10,12,13). The van der Waals surface area contributed by atoms with E-state index >= 15 is 0 Å². The quantitative estimate of drug-likeness (QED) is 0.635. The van der Waals surface area contributed by atoms with Gasteiger partial charge in [-0.15, -0.1) is 5.10 Å². The van der Waals surface area contributed by atoms with E-state index in [4.69, 9.17) is 10.2 Å². The molecule has 1 amide bonds. The minimum Gasteiger partial charge on any atom is -0.432 e. The SMILES string of the molecule is Cc1coc(NC(=O)c2nc(N)n[nH]2)n1. The Morgan fingerprint density at radius 1 is 1.60 bits per heavy atom. The van der Waals surface area contributed by atoms with Crippen molar-refractivity contribution in [2.45, 2.75) is 6.92 Å². The molecule has 0 saturated heterocycles. The number of hydrogen-bond acceptors (Lipinski definition) is 6. The van der Waals surface area contributed by atoms with Gasteiger partial charge in [-0.05, 0) is 6.92 Å². The molecule has 0 fully saturated rings. The lowest BCUT2D eigenvalue weighted by Crippen LogP contribution is -2.14. The highest BCUT2D eigenvalue weighted by molar-refractivity contribution is 6.00. The summed E-state index contributed by atoms with van der Waals surface area (Å²) in [4.78, 5) is 19.0. The van der Waals surface area contributed by atoms with Crippen molar-refractivity contribution in [1.82, 2.24) is 20.2 Å². The fourth-order valence-electron chi connectivity index (χ4n) is 0.944. The summed E-state index contributed by atoms with van der Waals surface area (Å²) in [5, 5.41) is 8.27. The summed E-state index contributed by atoms with van der Waals surface area (Å²) in [6.45, 7) is 1.74. The molecule has 0 radical (unpaired) electrons. The second-order valence-corrected chi connectivity index (χ2v) is 2.79. The normalized spacial score (nSPS) is 10.2. The van der Waals surface area contributed by atoms with Gasteiger partial charge in [0, 0.05) is 0 Å². The molecule has 2 aromatic heterocycles. The molecule has 0 bridgehead atoms. The fraction of sp³-hybridized carbons (Fsp3) is 0.143. The third-order valence-corrected chi connectivity index (χ3v) is 1.56. The Morgan fingerprint density at radius 2 is 2.40 bits per heavy atom. The van der Waals surface area contributed by atoms with Gasteiger partial charge in [0.1, 0.15) is 6.26 Å². The summed E-state index contributed by atoms with van der Waals surface area (Å²) in [5.74, 6) is -0.506. The Labute approximate surface area is 83.9 Å². The summed E-state index contributed by atoms with van der Waals surface area (Å²) in [6.07, 6.45) is 1.42. The van der Waals surface area contributed by atoms with Crippen LogP contribution >= 0.6 is 0 Å². The summed E-state index contributed by atoms with van der Waals surface area (Å²) in [5.41, 5.74) is 5.91. The predicted molar refractivity (Wildman–Crippen MR) is 50.0 cm³/mol.